The lowest BCUT2D eigenvalue weighted by atomic mass is 9.90. The molecule has 12 heteroatoms. The van der Waals surface area contributed by atoms with Crippen LogP contribution >= 0.6 is 11.3 Å². The van der Waals surface area contributed by atoms with Crippen LogP contribution in [0.5, 0.6) is 0 Å². The van der Waals surface area contributed by atoms with Gasteiger partial charge in [-0.15, -0.1) is 0 Å². The molecule has 0 amide bonds. The van der Waals surface area contributed by atoms with Gasteiger partial charge >= 0.3 is 29.9 Å². The topological polar surface area (TPSA) is 26.3 Å². The molecule has 1 rings (SSSR count). The van der Waals surface area contributed by atoms with E-state index >= 15 is 0 Å². The second-order valence-electron chi connectivity index (χ2n) is 4.92. The number of halogens is 9. The van der Waals surface area contributed by atoms with Crippen molar-refractivity contribution in [1.29, 1.82) is 0 Å². The van der Waals surface area contributed by atoms with E-state index in [1.54, 1.807) is 0 Å². The molecule has 1 unspecified atom stereocenters. The van der Waals surface area contributed by atoms with Gasteiger partial charge in [0.25, 0.3) is 0 Å². The van der Waals surface area contributed by atoms with Gasteiger partial charge in [0.05, 0.1) is 12.5 Å². The molecule has 144 valence electrons. The minimum absolute atomic E-state index is 0.255. The average Bonchev–Trinajstić information content (AvgIpc) is 2.97. The molecule has 0 radical (unpaired) electrons. The second-order valence-corrected chi connectivity index (χ2v) is 5.70. The number of hydrogen-bond donors (Lipinski definition) is 0. The Morgan fingerprint density at radius 3 is 2.04 bits per heavy atom. The molecular formula is C13H11F9O2S. The molecule has 0 aliphatic rings. The van der Waals surface area contributed by atoms with Gasteiger partial charge in [-0.25, -0.2) is 0 Å². The Hall–Kier alpha value is -1.46. The first-order valence-corrected chi connectivity index (χ1v) is 7.52. The number of carbonyl (C=O) groups is 1. The van der Waals surface area contributed by atoms with Crippen LogP contribution in [0.4, 0.5) is 39.5 Å². The first-order chi connectivity index (χ1) is 11.2. The van der Waals surface area contributed by atoms with E-state index in [4.69, 9.17) is 0 Å². The molecule has 0 aliphatic heterocycles. The molecule has 1 heterocycles. The van der Waals surface area contributed by atoms with Crippen molar-refractivity contribution in [3.8, 4) is 0 Å². The van der Waals surface area contributed by atoms with E-state index < -0.39 is 42.3 Å². The van der Waals surface area contributed by atoms with Crippen molar-refractivity contribution < 1.29 is 49.0 Å². The first-order valence-electron chi connectivity index (χ1n) is 6.58. The largest absolute Gasteiger partial charge is 0.466 e. The van der Waals surface area contributed by atoms with E-state index in [1.165, 1.54) is 12.3 Å². The van der Waals surface area contributed by atoms with E-state index in [1.807, 2.05) is 0 Å². The molecule has 0 fully saturated rings. The summed E-state index contributed by atoms with van der Waals surface area (Å²) in [5.74, 6) is -23.2. The molecule has 25 heavy (non-hydrogen) atoms. The number of ether oxygens (including phenoxy) is 1. The fourth-order valence-corrected chi connectivity index (χ4v) is 2.56. The summed E-state index contributed by atoms with van der Waals surface area (Å²) in [4.78, 5) is 11.7. The van der Waals surface area contributed by atoms with Gasteiger partial charge in [0.1, 0.15) is 0 Å². The van der Waals surface area contributed by atoms with E-state index in [0.29, 0.717) is 0 Å². The maximum Gasteiger partial charge on any atom is 0.460 e. The lowest BCUT2D eigenvalue weighted by molar-refractivity contribution is -0.397. The Morgan fingerprint density at radius 2 is 1.64 bits per heavy atom. The Balaban J connectivity index is 3.24. The van der Waals surface area contributed by atoms with E-state index in [-0.39, 0.29) is 12.2 Å². The summed E-state index contributed by atoms with van der Waals surface area (Å²) in [6, 6.07) is 1.07. The molecule has 0 saturated heterocycles. The quantitative estimate of drug-likeness (QED) is 0.460. The van der Waals surface area contributed by atoms with Crippen LogP contribution in [-0.4, -0.2) is 36.5 Å². The Kier molecular flexibility index (Phi) is 6.08. The summed E-state index contributed by atoms with van der Waals surface area (Å²) in [6.45, 7) is 0.938. The summed E-state index contributed by atoms with van der Waals surface area (Å²) in [5, 5.41) is 2.37. The van der Waals surface area contributed by atoms with Crippen LogP contribution in [-0.2, 0) is 9.53 Å². The molecule has 1 aromatic heterocycles. The number of carbonyl (C=O) groups excluding carboxylic acids is 1. The minimum Gasteiger partial charge on any atom is -0.466 e. The van der Waals surface area contributed by atoms with Crippen LogP contribution in [0.15, 0.2) is 16.8 Å². The zero-order valence-electron chi connectivity index (χ0n) is 12.4. The molecule has 2 nitrogen and oxygen atoms in total. The number of hydrogen-bond acceptors (Lipinski definition) is 3. The molecule has 0 aromatic carbocycles. The summed E-state index contributed by atoms with van der Waals surface area (Å²) >= 11 is 0.878. The number of rotatable bonds is 7. The zero-order valence-corrected chi connectivity index (χ0v) is 13.2. The van der Waals surface area contributed by atoms with Gasteiger partial charge in [0.2, 0.25) is 0 Å². The second kappa shape index (κ2) is 7.04. The van der Waals surface area contributed by atoms with Gasteiger partial charge in [0.15, 0.2) is 0 Å². The van der Waals surface area contributed by atoms with E-state index in [0.717, 1.165) is 22.8 Å². The molecule has 0 bridgehead atoms. The highest BCUT2D eigenvalue weighted by Gasteiger charge is 2.81. The zero-order chi connectivity index (χ0) is 19.7. The van der Waals surface area contributed by atoms with Gasteiger partial charge in [-0.1, -0.05) is 0 Å². The normalized spacial score (nSPS) is 15.1. The molecule has 0 N–H and O–H groups in total. The summed E-state index contributed by atoms with van der Waals surface area (Å²) in [7, 11) is 0. The smallest absolute Gasteiger partial charge is 0.460 e. The fourth-order valence-electron chi connectivity index (χ4n) is 1.85. The number of thiophene rings is 1. The van der Waals surface area contributed by atoms with Gasteiger partial charge in [-0.3, -0.25) is 4.79 Å². The standard InChI is InChI=1S/C13H11F9O2S/c1-2-24-9(23)8(7-3-4-25-6-7)5-10(14,15)11(16,17)12(18,19)13(20,21)22/h3-4,6,8H,2,5H2,1H3. The Labute approximate surface area is 139 Å². The average molecular weight is 402 g/mol. The Morgan fingerprint density at radius 1 is 1.08 bits per heavy atom. The van der Waals surface area contributed by atoms with Gasteiger partial charge < -0.3 is 4.74 Å². The molecular weight excluding hydrogens is 391 g/mol. The van der Waals surface area contributed by atoms with Crippen molar-refractivity contribution in [1.82, 2.24) is 0 Å². The van der Waals surface area contributed by atoms with Crippen LogP contribution in [0.25, 0.3) is 0 Å². The van der Waals surface area contributed by atoms with Crippen molar-refractivity contribution in [2.45, 2.75) is 43.2 Å². The lowest BCUT2D eigenvalue weighted by Crippen LogP contribution is -2.61. The minimum atomic E-state index is -6.99. The SMILES string of the molecule is CCOC(=O)C(CC(F)(F)C(F)(F)C(F)(F)C(F)(F)F)c1ccsc1. The van der Waals surface area contributed by atoms with Gasteiger partial charge in [-0.05, 0) is 29.3 Å². The van der Waals surface area contributed by atoms with Crippen LogP contribution in [0.2, 0.25) is 0 Å². The predicted octanol–water partition coefficient (Wildman–Crippen LogP) is 5.25. The third kappa shape index (κ3) is 4.04. The summed E-state index contributed by atoms with van der Waals surface area (Å²) < 4.78 is 121. The fraction of sp³-hybridized carbons (Fsp3) is 0.615. The maximum absolute atomic E-state index is 13.7. The lowest BCUT2D eigenvalue weighted by Gasteiger charge is -2.34. The maximum atomic E-state index is 13.7. The third-order valence-corrected chi connectivity index (χ3v) is 3.89. The molecule has 0 saturated carbocycles. The summed E-state index contributed by atoms with van der Waals surface area (Å²) in [6.07, 6.45) is -9.18. The van der Waals surface area contributed by atoms with Gasteiger partial charge in [-0.2, -0.15) is 50.9 Å². The van der Waals surface area contributed by atoms with Crippen LogP contribution in [0.1, 0.15) is 24.8 Å². The molecule has 0 aliphatic carbocycles. The summed E-state index contributed by atoms with van der Waals surface area (Å²) in [5.41, 5.74) is -0.255. The number of esters is 1. The van der Waals surface area contributed by atoms with Gasteiger partial charge in [0, 0.05) is 6.42 Å². The molecule has 1 aromatic rings. The van der Waals surface area contributed by atoms with Crippen molar-refractivity contribution >= 4 is 17.3 Å². The third-order valence-electron chi connectivity index (χ3n) is 3.19. The molecule has 0 spiro atoms. The first kappa shape index (κ1) is 21.6. The monoisotopic (exact) mass is 402 g/mol. The molecule has 1 atom stereocenters. The van der Waals surface area contributed by atoms with Crippen molar-refractivity contribution in [3.63, 3.8) is 0 Å². The van der Waals surface area contributed by atoms with Crippen molar-refractivity contribution in [2.24, 2.45) is 0 Å². The van der Waals surface area contributed by atoms with Crippen LogP contribution < -0.4 is 0 Å². The highest BCUT2D eigenvalue weighted by atomic mass is 32.1. The highest BCUT2D eigenvalue weighted by molar-refractivity contribution is 7.08. The Bertz CT molecular complexity index is 581. The van der Waals surface area contributed by atoms with Crippen LogP contribution in [0.3, 0.4) is 0 Å². The van der Waals surface area contributed by atoms with E-state index in [2.05, 4.69) is 4.74 Å². The highest BCUT2D eigenvalue weighted by Crippen LogP contribution is 2.55. The van der Waals surface area contributed by atoms with Crippen LogP contribution in [0, 0.1) is 0 Å². The van der Waals surface area contributed by atoms with E-state index in [9.17, 15) is 44.3 Å². The van der Waals surface area contributed by atoms with Crippen molar-refractivity contribution in [2.75, 3.05) is 6.61 Å². The predicted molar refractivity (Wildman–Crippen MR) is 69.2 cm³/mol. The van der Waals surface area contributed by atoms with Crippen molar-refractivity contribution in [3.05, 3.63) is 22.4 Å². The number of alkyl halides is 9.